The normalized spacial score (nSPS) is 17.4. The fraction of sp³-hybridized carbons (Fsp3) is 1.00. The molecule has 0 aromatic heterocycles. The largest absolute Gasteiger partial charge is 2.00 e. The SMILES string of the molecule is CCC[CH2][Sn+]([CH2]CCC)[CH]1CCCCC1.CCC[CH2][Sn+]([CH2]CCC)[CH]1CCCCC1.[S-2]. The molecule has 0 nitrogen and oxygen atoms in total. The van der Waals surface area contributed by atoms with E-state index in [1.807, 2.05) is 0 Å². The number of rotatable bonds is 14. The fourth-order valence-electron chi connectivity index (χ4n) is 5.70. The van der Waals surface area contributed by atoms with E-state index in [-0.39, 0.29) is 13.5 Å². The van der Waals surface area contributed by atoms with E-state index in [0.29, 0.717) is 0 Å². The molecular formula is C28H58SSn2. The third-order valence-corrected chi connectivity index (χ3v) is 29.0. The van der Waals surface area contributed by atoms with Gasteiger partial charge in [-0.1, -0.05) is 0 Å². The van der Waals surface area contributed by atoms with Crippen molar-refractivity contribution in [3.63, 3.8) is 0 Å². The molecule has 184 valence electrons. The van der Waals surface area contributed by atoms with Crippen molar-refractivity contribution in [2.24, 2.45) is 0 Å². The molecule has 0 N–H and O–H groups in total. The van der Waals surface area contributed by atoms with Crippen LogP contribution in [-0.2, 0) is 13.5 Å². The van der Waals surface area contributed by atoms with Crippen LogP contribution in [0.1, 0.15) is 143 Å². The maximum absolute atomic E-state index is 2.36. The molecule has 31 heavy (non-hydrogen) atoms. The zero-order valence-corrected chi connectivity index (χ0v) is 28.6. The third-order valence-electron chi connectivity index (χ3n) is 7.77. The van der Waals surface area contributed by atoms with Gasteiger partial charge in [0.05, 0.1) is 0 Å². The predicted molar refractivity (Wildman–Crippen MR) is 151 cm³/mol. The monoisotopic (exact) mass is 666 g/mol. The van der Waals surface area contributed by atoms with Crippen molar-refractivity contribution < 1.29 is 0 Å². The van der Waals surface area contributed by atoms with Crippen LogP contribution in [0.4, 0.5) is 0 Å². The maximum atomic E-state index is 2.36. The van der Waals surface area contributed by atoms with E-state index < -0.39 is 39.5 Å². The predicted octanol–water partition coefficient (Wildman–Crippen LogP) is 10.8. The zero-order valence-electron chi connectivity index (χ0n) is 22.1. The average molecular weight is 664 g/mol. The summed E-state index contributed by atoms with van der Waals surface area (Å²) in [5.74, 6) is 0. The summed E-state index contributed by atoms with van der Waals surface area (Å²) >= 11 is -1.89. The Balaban J connectivity index is 0.000000562. The van der Waals surface area contributed by atoms with Crippen molar-refractivity contribution in [3.05, 3.63) is 0 Å². The first-order valence-electron chi connectivity index (χ1n) is 14.5. The van der Waals surface area contributed by atoms with Crippen molar-refractivity contribution >= 4 is 53.0 Å². The second-order valence-electron chi connectivity index (χ2n) is 10.4. The molecule has 0 atom stereocenters. The van der Waals surface area contributed by atoms with Crippen molar-refractivity contribution in [1.29, 1.82) is 0 Å². The van der Waals surface area contributed by atoms with Crippen molar-refractivity contribution in [1.82, 2.24) is 0 Å². The molecule has 2 aliphatic carbocycles. The van der Waals surface area contributed by atoms with Gasteiger partial charge >= 0.3 is 208 Å². The summed E-state index contributed by atoms with van der Waals surface area (Å²) in [6.07, 6.45) is 27.8. The van der Waals surface area contributed by atoms with Gasteiger partial charge in [-0.15, -0.1) is 0 Å². The molecule has 0 amide bonds. The first kappa shape index (κ1) is 32.9. The van der Waals surface area contributed by atoms with E-state index in [4.69, 9.17) is 0 Å². The molecular weight excluding hydrogens is 606 g/mol. The summed E-state index contributed by atoms with van der Waals surface area (Å²) in [6.45, 7) is 9.45. The number of unbranched alkanes of at least 4 members (excludes halogenated alkanes) is 4. The van der Waals surface area contributed by atoms with E-state index in [1.54, 1.807) is 94.8 Å². The summed E-state index contributed by atoms with van der Waals surface area (Å²) in [6, 6.07) is 0. The second kappa shape index (κ2) is 23.7. The fourth-order valence-corrected chi connectivity index (χ4v) is 28.0. The van der Waals surface area contributed by atoms with Gasteiger partial charge in [-0.3, -0.25) is 0 Å². The van der Waals surface area contributed by atoms with Gasteiger partial charge in [-0.05, 0) is 0 Å². The van der Waals surface area contributed by atoms with Crippen LogP contribution < -0.4 is 0 Å². The molecule has 2 aliphatic rings. The first-order valence-corrected chi connectivity index (χ1v) is 25.8. The van der Waals surface area contributed by atoms with Crippen molar-refractivity contribution in [2.45, 2.75) is 169 Å². The Kier molecular flexibility index (Phi) is 25.2. The average Bonchev–Trinajstić information content (AvgIpc) is 2.81. The molecule has 0 saturated heterocycles. The summed E-state index contributed by atoms with van der Waals surface area (Å²) in [4.78, 5) is 0. The molecule has 0 aliphatic heterocycles. The summed E-state index contributed by atoms with van der Waals surface area (Å²) in [5, 5.41) is 0. The van der Waals surface area contributed by atoms with E-state index >= 15 is 0 Å². The quantitative estimate of drug-likeness (QED) is 0.162. The van der Waals surface area contributed by atoms with Gasteiger partial charge in [-0.2, -0.15) is 0 Å². The first-order chi connectivity index (χ1) is 14.8. The van der Waals surface area contributed by atoms with Crippen LogP contribution >= 0.6 is 0 Å². The Morgan fingerprint density at radius 2 is 0.710 bits per heavy atom. The molecule has 2 saturated carbocycles. The Hall–Kier alpha value is 1.95. The maximum Gasteiger partial charge on any atom is -2.00 e. The van der Waals surface area contributed by atoms with Crippen LogP contribution in [0.3, 0.4) is 0 Å². The molecule has 0 bridgehead atoms. The third kappa shape index (κ3) is 16.3. The molecule has 2 rings (SSSR count). The molecule has 0 unspecified atom stereocenters. The minimum Gasteiger partial charge on any atom is -2.00 e. The summed E-state index contributed by atoms with van der Waals surface area (Å²) in [7, 11) is 0. The Morgan fingerprint density at radius 1 is 0.452 bits per heavy atom. The van der Waals surface area contributed by atoms with E-state index in [1.165, 1.54) is 46.4 Å². The second-order valence-corrected chi connectivity index (χ2v) is 28.3. The van der Waals surface area contributed by atoms with Crippen LogP contribution in [0.2, 0.25) is 25.6 Å². The van der Waals surface area contributed by atoms with Gasteiger partial charge in [0.1, 0.15) is 0 Å². The Bertz CT molecular complexity index is 301. The van der Waals surface area contributed by atoms with Gasteiger partial charge < -0.3 is 13.5 Å². The van der Waals surface area contributed by atoms with Gasteiger partial charge in [0.25, 0.3) is 0 Å². The number of hydrogen-bond acceptors (Lipinski definition) is 0. The Morgan fingerprint density at radius 3 is 0.935 bits per heavy atom. The molecule has 0 radical (unpaired) electrons. The van der Waals surface area contributed by atoms with E-state index in [2.05, 4.69) is 27.7 Å². The Labute approximate surface area is 220 Å². The van der Waals surface area contributed by atoms with Crippen molar-refractivity contribution in [3.8, 4) is 0 Å². The van der Waals surface area contributed by atoms with Gasteiger partial charge in [0.2, 0.25) is 0 Å². The molecule has 3 heteroatoms. The minimum absolute atomic E-state index is 0. The van der Waals surface area contributed by atoms with Crippen LogP contribution in [0.15, 0.2) is 0 Å². The summed E-state index contributed by atoms with van der Waals surface area (Å²) < 4.78 is 9.43. The molecule has 0 aromatic carbocycles. The van der Waals surface area contributed by atoms with Crippen LogP contribution in [0.25, 0.3) is 0 Å². The zero-order chi connectivity index (χ0) is 21.9. The van der Waals surface area contributed by atoms with Crippen molar-refractivity contribution in [2.75, 3.05) is 0 Å². The number of hydrogen-bond donors (Lipinski definition) is 0. The topological polar surface area (TPSA) is 0 Å². The molecule has 0 spiro atoms. The van der Waals surface area contributed by atoms with Gasteiger partial charge in [0, 0.05) is 0 Å². The molecule has 0 heterocycles. The standard InChI is InChI=1S/2C6H11.4C4H9.S.2Sn/c2*1-2-4-6-5-3-1;4*1-3-4-2;;;/h2*1H,2-6H2;4*1,3-4H2,2H3;;;/q;;;;;;-2;2*+1. The summed E-state index contributed by atoms with van der Waals surface area (Å²) in [5.41, 5.74) is 0. The van der Waals surface area contributed by atoms with E-state index in [0.717, 1.165) is 0 Å². The van der Waals surface area contributed by atoms with E-state index in [9.17, 15) is 0 Å². The smallest absolute Gasteiger partial charge is 2.00 e. The van der Waals surface area contributed by atoms with Crippen LogP contribution in [0.5, 0.6) is 0 Å². The van der Waals surface area contributed by atoms with Gasteiger partial charge in [-0.25, -0.2) is 0 Å². The minimum atomic E-state index is -0.943. The van der Waals surface area contributed by atoms with Crippen LogP contribution in [0, 0.1) is 0 Å². The van der Waals surface area contributed by atoms with Gasteiger partial charge in [0.15, 0.2) is 0 Å². The molecule has 2 fully saturated rings. The van der Waals surface area contributed by atoms with Crippen LogP contribution in [-0.4, -0.2) is 39.5 Å². The molecule has 0 aromatic rings.